The highest BCUT2D eigenvalue weighted by atomic mass is 16.5. The summed E-state index contributed by atoms with van der Waals surface area (Å²) in [4.78, 5) is 0. The van der Waals surface area contributed by atoms with Gasteiger partial charge in [-0.15, -0.1) is 5.53 Å². The lowest BCUT2D eigenvalue weighted by molar-refractivity contribution is 0.155. The molecule has 0 bridgehead atoms. The molecular weight excluding hydrogens is 322 g/mol. The molecule has 2 aromatic carbocycles. The molecule has 1 N–H and O–H groups in total. The fourth-order valence-corrected chi connectivity index (χ4v) is 4.22. The number of nitrogens with one attached hydrogen (secondary N) is 1. The van der Waals surface area contributed by atoms with Crippen LogP contribution in [0.25, 0.3) is 5.70 Å². The topological polar surface area (TPSA) is 27.7 Å². The first-order valence-electron chi connectivity index (χ1n) is 9.77. The summed E-state index contributed by atoms with van der Waals surface area (Å²) in [6.07, 6.45) is 9.93. The maximum absolute atomic E-state index is 6.24. The minimum atomic E-state index is 0.377. The van der Waals surface area contributed by atoms with Gasteiger partial charge in [-0.1, -0.05) is 36.8 Å². The molecule has 0 amide bonds. The number of anilines is 1. The molecule has 1 aliphatic carbocycles. The fraction of sp³-hybridized carbons (Fsp3) is 0.364. The molecule has 2 heterocycles. The first-order chi connectivity index (χ1) is 12.9. The standard InChI is InChI=1S/C22H25N3O/c1-2-9-19(10-3-1)26-20-11-6-8-18(15-20)25-16-22-21-12-5-4-7-17(21)13-14-24(22)23-25/h4-8,11-12,15-16,19,23H,1-3,9-10,13-14H2. The Balaban J connectivity index is 1.38. The van der Waals surface area contributed by atoms with E-state index in [4.69, 9.17) is 4.74 Å². The van der Waals surface area contributed by atoms with Gasteiger partial charge in [0.15, 0.2) is 0 Å². The summed E-state index contributed by atoms with van der Waals surface area (Å²) in [7, 11) is 0. The van der Waals surface area contributed by atoms with E-state index in [0.717, 1.165) is 24.4 Å². The molecule has 3 aliphatic rings. The molecule has 0 radical (unpaired) electrons. The van der Waals surface area contributed by atoms with Crippen molar-refractivity contribution in [2.24, 2.45) is 0 Å². The molecule has 0 saturated heterocycles. The van der Waals surface area contributed by atoms with E-state index >= 15 is 0 Å². The van der Waals surface area contributed by atoms with Gasteiger partial charge in [-0.2, -0.15) is 0 Å². The Hall–Kier alpha value is -2.46. The van der Waals surface area contributed by atoms with Crippen LogP contribution >= 0.6 is 0 Å². The second kappa shape index (κ2) is 6.69. The fourth-order valence-electron chi connectivity index (χ4n) is 4.22. The van der Waals surface area contributed by atoms with Crippen LogP contribution in [-0.2, 0) is 6.42 Å². The Kier molecular flexibility index (Phi) is 4.06. The number of rotatable bonds is 3. The van der Waals surface area contributed by atoms with Gasteiger partial charge in [0.25, 0.3) is 0 Å². The van der Waals surface area contributed by atoms with Crippen LogP contribution in [0.15, 0.2) is 54.7 Å². The number of nitrogens with zero attached hydrogens (tertiary/aromatic N) is 2. The van der Waals surface area contributed by atoms with E-state index in [1.54, 1.807) is 0 Å². The second-order valence-corrected chi connectivity index (χ2v) is 7.42. The van der Waals surface area contributed by atoms with Crippen molar-refractivity contribution in [2.45, 2.75) is 44.6 Å². The van der Waals surface area contributed by atoms with Crippen LogP contribution in [0.4, 0.5) is 5.69 Å². The number of hydrazine groups is 2. The average molecular weight is 347 g/mol. The van der Waals surface area contributed by atoms with Crippen LogP contribution in [0.2, 0.25) is 0 Å². The monoisotopic (exact) mass is 347 g/mol. The van der Waals surface area contributed by atoms with Crippen molar-refractivity contribution >= 4 is 11.4 Å². The van der Waals surface area contributed by atoms with E-state index in [1.165, 1.54) is 48.9 Å². The summed E-state index contributed by atoms with van der Waals surface area (Å²) < 4.78 is 6.24. The van der Waals surface area contributed by atoms with E-state index in [9.17, 15) is 0 Å². The van der Waals surface area contributed by atoms with Crippen LogP contribution in [-0.4, -0.2) is 17.7 Å². The summed E-state index contributed by atoms with van der Waals surface area (Å²) in [6.45, 7) is 0.984. The Morgan fingerprint density at radius 1 is 0.962 bits per heavy atom. The zero-order valence-corrected chi connectivity index (χ0v) is 15.0. The SMILES string of the molecule is C1=C2c3ccccc3CCN2NN1c1cccc(OC2CCCCC2)c1. The van der Waals surface area contributed by atoms with Gasteiger partial charge in [0, 0.05) is 24.4 Å². The van der Waals surface area contributed by atoms with Gasteiger partial charge in [-0.3, -0.25) is 10.0 Å². The Morgan fingerprint density at radius 3 is 2.77 bits per heavy atom. The number of ether oxygens (including phenoxy) is 1. The largest absolute Gasteiger partial charge is 0.490 e. The summed E-state index contributed by atoms with van der Waals surface area (Å²) >= 11 is 0. The van der Waals surface area contributed by atoms with E-state index in [-0.39, 0.29) is 0 Å². The second-order valence-electron chi connectivity index (χ2n) is 7.42. The normalized spacial score (nSPS) is 19.8. The van der Waals surface area contributed by atoms with Gasteiger partial charge in [-0.05, 0) is 49.8 Å². The van der Waals surface area contributed by atoms with Crippen LogP contribution < -0.4 is 15.3 Å². The van der Waals surface area contributed by atoms with Crippen molar-refractivity contribution in [2.75, 3.05) is 11.6 Å². The van der Waals surface area contributed by atoms with E-state index in [2.05, 4.69) is 70.3 Å². The van der Waals surface area contributed by atoms with Gasteiger partial charge < -0.3 is 4.74 Å². The zero-order chi connectivity index (χ0) is 17.3. The third-order valence-corrected chi connectivity index (χ3v) is 5.62. The van der Waals surface area contributed by atoms with Gasteiger partial charge in [0.1, 0.15) is 5.75 Å². The molecule has 5 rings (SSSR count). The number of fused-ring (bicyclic) bond motifs is 3. The van der Waals surface area contributed by atoms with E-state index in [0.29, 0.717) is 6.10 Å². The summed E-state index contributed by atoms with van der Waals surface area (Å²) in [5.41, 5.74) is 8.60. The average Bonchev–Trinajstić information content (AvgIpc) is 3.14. The first kappa shape index (κ1) is 15.8. The quantitative estimate of drug-likeness (QED) is 0.885. The molecular formula is C22H25N3O. The van der Waals surface area contributed by atoms with Crippen molar-refractivity contribution < 1.29 is 4.74 Å². The first-order valence-corrected chi connectivity index (χ1v) is 9.77. The van der Waals surface area contributed by atoms with Gasteiger partial charge >= 0.3 is 0 Å². The molecule has 0 atom stereocenters. The van der Waals surface area contributed by atoms with Crippen molar-refractivity contribution in [3.05, 3.63) is 65.9 Å². The van der Waals surface area contributed by atoms with E-state index < -0.39 is 0 Å². The molecule has 26 heavy (non-hydrogen) atoms. The molecule has 4 heteroatoms. The summed E-state index contributed by atoms with van der Waals surface area (Å²) in [5.74, 6) is 0.972. The molecule has 4 nitrogen and oxygen atoms in total. The Morgan fingerprint density at radius 2 is 1.85 bits per heavy atom. The maximum atomic E-state index is 6.24. The lowest BCUT2D eigenvalue weighted by Crippen LogP contribution is -2.42. The molecule has 134 valence electrons. The molecule has 2 aliphatic heterocycles. The predicted molar refractivity (Wildman–Crippen MR) is 104 cm³/mol. The van der Waals surface area contributed by atoms with Crippen molar-refractivity contribution in [1.82, 2.24) is 10.5 Å². The molecule has 1 fully saturated rings. The van der Waals surface area contributed by atoms with Crippen molar-refractivity contribution in [3.63, 3.8) is 0 Å². The van der Waals surface area contributed by atoms with Crippen molar-refractivity contribution in [3.8, 4) is 5.75 Å². The Labute approximate surface area is 155 Å². The highest BCUT2D eigenvalue weighted by molar-refractivity contribution is 5.73. The minimum Gasteiger partial charge on any atom is -0.490 e. The molecule has 2 aromatic rings. The smallest absolute Gasteiger partial charge is 0.121 e. The molecule has 0 spiro atoms. The predicted octanol–water partition coefficient (Wildman–Crippen LogP) is 4.49. The highest BCUT2D eigenvalue weighted by Gasteiger charge is 2.28. The number of benzene rings is 2. The summed E-state index contributed by atoms with van der Waals surface area (Å²) in [6, 6.07) is 17.1. The van der Waals surface area contributed by atoms with Gasteiger partial charge in [-0.25, -0.2) is 0 Å². The molecule has 0 aromatic heterocycles. The van der Waals surface area contributed by atoms with Crippen LogP contribution in [0.3, 0.4) is 0 Å². The van der Waals surface area contributed by atoms with Crippen LogP contribution in [0.5, 0.6) is 5.75 Å². The Bertz CT molecular complexity index is 826. The van der Waals surface area contributed by atoms with Crippen LogP contribution in [0, 0.1) is 0 Å². The minimum absolute atomic E-state index is 0.377. The molecule has 1 saturated carbocycles. The van der Waals surface area contributed by atoms with Crippen LogP contribution in [0.1, 0.15) is 43.2 Å². The molecule has 0 unspecified atom stereocenters. The van der Waals surface area contributed by atoms with Gasteiger partial charge in [0.05, 0.1) is 17.5 Å². The number of hydrogen-bond donors (Lipinski definition) is 1. The number of hydrogen-bond acceptors (Lipinski definition) is 4. The highest BCUT2D eigenvalue weighted by Crippen LogP contribution is 2.33. The maximum Gasteiger partial charge on any atom is 0.121 e. The third-order valence-electron chi connectivity index (χ3n) is 5.62. The lowest BCUT2D eigenvalue weighted by atomic mass is 9.98. The summed E-state index contributed by atoms with van der Waals surface area (Å²) in [5, 5.41) is 4.34. The van der Waals surface area contributed by atoms with E-state index in [1.807, 2.05) is 0 Å². The third kappa shape index (κ3) is 2.95. The van der Waals surface area contributed by atoms with Crippen molar-refractivity contribution in [1.29, 1.82) is 0 Å². The van der Waals surface area contributed by atoms with Gasteiger partial charge in [0.2, 0.25) is 0 Å². The lowest BCUT2D eigenvalue weighted by Gasteiger charge is -2.29. The zero-order valence-electron chi connectivity index (χ0n) is 15.0.